The SMILES string of the molecule is N#Cc1cc(C(F)F)nc(CO)c1O. The van der Waals surface area contributed by atoms with Crippen LogP contribution in [0.1, 0.15) is 23.4 Å². The second-order valence-electron chi connectivity index (χ2n) is 2.46. The molecular formula is C8H6F2N2O2. The van der Waals surface area contributed by atoms with Gasteiger partial charge in [0, 0.05) is 0 Å². The van der Waals surface area contributed by atoms with Gasteiger partial charge in [0.2, 0.25) is 0 Å². The first-order valence-electron chi connectivity index (χ1n) is 3.62. The molecule has 0 aliphatic heterocycles. The molecule has 6 heteroatoms. The molecule has 1 aromatic heterocycles. The predicted octanol–water partition coefficient (Wildman–Crippen LogP) is 1.09. The van der Waals surface area contributed by atoms with E-state index in [2.05, 4.69) is 4.98 Å². The monoisotopic (exact) mass is 200 g/mol. The second-order valence-corrected chi connectivity index (χ2v) is 2.46. The van der Waals surface area contributed by atoms with Crippen LogP contribution in [-0.2, 0) is 6.61 Å². The van der Waals surface area contributed by atoms with E-state index in [4.69, 9.17) is 10.4 Å². The van der Waals surface area contributed by atoms with Crippen LogP contribution < -0.4 is 0 Å². The fraction of sp³-hybridized carbons (Fsp3) is 0.250. The predicted molar refractivity (Wildman–Crippen MR) is 41.5 cm³/mol. The Morgan fingerprint density at radius 2 is 2.21 bits per heavy atom. The fourth-order valence-electron chi connectivity index (χ4n) is 0.920. The molecule has 0 unspecified atom stereocenters. The van der Waals surface area contributed by atoms with E-state index < -0.39 is 24.5 Å². The third kappa shape index (κ3) is 1.78. The third-order valence-corrected chi connectivity index (χ3v) is 1.58. The largest absolute Gasteiger partial charge is 0.505 e. The molecule has 74 valence electrons. The number of pyridine rings is 1. The van der Waals surface area contributed by atoms with E-state index >= 15 is 0 Å². The van der Waals surface area contributed by atoms with E-state index in [-0.39, 0.29) is 11.3 Å². The number of hydrogen-bond donors (Lipinski definition) is 2. The van der Waals surface area contributed by atoms with Crippen LogP contribution in [0.25, 0.3) is 0 Å². The van der Waals surface area contributed by atoms with Crippen LogP contribution in [0.4, 0.5) is 8.78 Å². The van der Waals surface area contributed by atoms with Crippen molar-refractivity contribution in [3.05, 3.63) is 23.0 Å². The number of aliphatic hydroxyl groups excluding tert-OH is 1. The molecule has 0 radical (unpaired) electrons. The lowest BCUT2D eigenvalue weighted by Crippen LogP contribution is -1.99. The molecule has 2 N–H and O–H groups in total. The van der Waals surface area contributed by atoms with Crippen molar-refractivity contribution in [3.63, 3.8) is 0 Å². The van der Waals surface area contributed by atoms with E-state index in [1.54, 1.807) is 0 Å². The van der Waals surface area contributed by atoms with E-state index in [0.29, 0.717) is 0 Å². The van der Waals surface area contributed by atoms with Gasteiger partial charge in [-0.1, -0.05) is 0 Å². The normalized spacial score (nSPS) is 10.2. The first kappa shape index (κ1) is 10.3. The lowest BCUT2D eigenvalue weighted by Gasteiger charge is -2.05. The van der Waals surface area contributed by atoms with Gasteiger partial charge in [0.15, 0.2) is 5.75 Å². The first-order valence-corrected chi connectivity index (χ1v) is 3.62. The van der Waals surface area contributed by atoms with Crippen LogP contribution in [0.3, 0.4) is 0 Å². The summed E-state index contributed by atoms with van der Waals surface area (Å²) in [6, 6.07) is 2.32. The number of hydrogen-bond acceptors (Lipinski definition) is 4. The number of nitriles is 1. The Labute approximate surface area is 78.1 Å². The molecule has 0 aromatic carbocycles. The van der Waals surface area contributed by atoms with Crippen LogP contribution in [0.2, 0.25) is 0 Å². The lowest BCUT2D eigenvalue weighted by atomic mass is 10.2. The Kier molecular flexibility index (Phi) is 2.94. The summed E-state index contributed by atoms with van der Waals surface area (Å²) in [5.74, 6) is -0.556. The summed E-state index contributed by atoms with van der Waals surface area (Å²) in [4.78, 5) is 3.30. The van der Waals surface area contributed by atoms with Gasteiger partial charge >= 0.3 is 0 Å². The summed E-state index contributed by atoms with van der Waals surface area (Å²) >= 11 is 0. The van der Waals surface area contributed by atoms with Crippen LogP contribution in [0, 0.1) is 11.3 Å². The third-order valence-electron chi connectivity index (χ3n) is 1.58. The number of rotatable bonds is 2. The number of halogens is 2. The zero-order valence-electron chi connectivity index (χ0n) is 6.91. The van der Waals surface area contributed by atoms with Crippen molar-refractivity contribution < 1.29 is 19.0 Å². The Morgan fingerprint density at radius 1 is 1.57 bits per heavy atom. The number of aromatic nitrogens is 1. The number of alkyl halides is 2. The van der Waals surface area contributed by atoms with Crippen LogP contribution in [0.5, 0.6) is 5.75 Å². The van der Waals surface area contributed by atoms with Crippen molar-refractivity contribution in [2.24, 2.45) is 0 Å². The standard InChI is InChI=1S/C8H6F2N2O2/c9-8(10)5-1-4(2-11)7(14)6(3-13)12-5/h1,8,13-14H,3H2. The summed E-state index contributed by atoms with van der Waals surface area (Å²) in [5, 5.41) is 26.4. The number of aliphatic hydroxyl groups is 1. The zero-order valence-corrected chi connectivity index (χ0v) is 6.91. The van der Waals surface area contributed by atoms with Gasteiger partial charge in [-0.25, -0.2) is 13.8 Å². The maximum absolute atomic E-state index is 12.2. The van der Waals surface area contributed by atoms with Crippen LogP contribution in [0.15, 0.2) is 6.07 Å². The maximum Gasteiger partial charge on any atom is 0.280 e. The highest BCUT2D eigenvalue weighted by molar-refractivity contribution is 5.45. The summed E-state index contributed by atoms with van der Waals surface area (Å²) < 4.78 is 24.4. The molecule has 4 nitrogen and oxygen atoms in total. The van der Waals surface area contributed by atoms with Gasteiger partial charge in [-0.2, -0.15) is 5.26 Å². The number of aromatic hydroxyl groups is 1. The van der Waals surface area contributed by atoms with Crippen molar-refractivity contribution in [1.82, 2.24) is 4.98 Å². The van der Waals surface area contributed by atoms with Crippen molar-refractivity contribution in [1.29, 1.82) is 5.26 Å². The summed E-state index contributed by atoms with van der Waals surface area (Å²) in [6.07, 6.45) is -2.84. The molecule has 0 fully saturated rings. The summed E-state index contributed by atoms with van der Waals surface area (Å²) in [6.45, 7) is -0.693. The van der Waals surface area contributed by atoms with Gasteiger partial charge in [-0.3, -0.25) is 0 Å². The minimum Gasteiger partial charge on any atom is -0.505 e. The molecule has 0 saturated carbocycles. The molecule has 0 spiro atoms. The van der Waals surface area contributed by atoms with Gasteiger partial charge < -0.3 is 10.2 Å². The molecule has 0 amide bonds. The van der Waals surface area contributed by atoms with Gasteiger partial charge in [0.1, 0.15) is 17.5 Å². The number of nitrogens with zero attached hydrogens (tertiary/aromatic N) is 2. The molecule has 14 heavy (non-hydrogen) atoms. The first-order chi connectivity index (χ1) is 6.60. The smallest absolute Gasteiger partial charge is 0.280 e. The highest BCUT2D eigenvalue weighted by Crippen LogP contribution is 2.25. The highest BCUT2D eigenvalue weighted by Gasteiger charge is 2.16. The molecule has 0 atom stereocenters. The van der Waals surface area contributed by atoms with E-state index in [0.717, 1.165) is 6.07 Å². The molecule has 1 aromatic rings. The van der Waals surface area contributed by atoms with Gasteiger partial charge in [0.25, 0.3) is 6.43 Å². The average molecular weight is 200 g/mol. The Bertz CT molecular complexity index is 388. The zero-order chi connectivity index (χ0) is 10.7. The van der Waals surface area contributed by atoms with E-state index in [1.165, 1.54) is 6.07 Å². The van der Waals surface area contributed by atoms with E-state index in [1.807, 2.05) is 0 Å². The van der Waals surface area contributed by atoms with Crippen molar-refractivity contribution >= 4 is 0 Å². The Balaban J connectivity index is 3.34. The summed E-state index contributed by atoms with van der Waals surface area (Å²) in [5.41, 5.74) is -1.28. The quantitative estimate of drug-likeness (QED) is 0.749. The van der Waals surface area contributed by atoms with Crippen LogP contribution >= 0.6 is 0 Å². The van der Waals surface area contributed by atoms with Gasteiger partial charge in [0.05, 0.1) is 12.2 Å². The summed E-state index contributed by atoms with van der Waals surface area (Å²) in [7, 11) is 0. The average Bonchev–Trinajstić information content (AvgIpc) is 2.17. The topological polar surface area (TPSA) is 77.1 Å². The van der Waals surface area contributed by atoms with Crippen molar-refractivity contribution in [2.45, 2.75) is 13.0 Å². The lowest BCUT2D eigenvalue weighted by molar-refractivity contribution is 0.145. The van der Waals surface area contributed by atoms with Crippen LogP contribution in [-0.4, -0.2) is 15.2 Å². The molecule has 0 saturated heterocycles. The molecule has 1 heterocycles. The molecule has 0 aliphatic carbocycles. The second kappa shape index (κ2) is 3.98. The molecule has 1 rings (SSSR count). The Morgan fingerprint density at radius 3 is 2.64 bits per heavy atom. The van der Waals surface area contributed by atoms with Gasteiger partial charge in [-0.05, 0) is 6.07 Å². The van der Waals surface area contributed by atoms with Gasteiger partial charge in [-0.15, -0.1) is 0 Å². The minimum atomic E-state index is -2.84. The van der Waals surface area contributed by atoms with E-state index in [9.17, 15) is 13.9 Å². The van der Waals surface area contributed by atoms with Crippen molar-refractivity contribution in [3.8, 4) is 11.8 Å². The molecular weight excluding hydrogens is 194 g/mol. The molecule has 0 bridgehead atoms. The molecule has 0 aliphatic rings. The fourth-order valence-corrected chi connectivity index (χ4v) is 0.920. The maximum atomic E-state index is 12.2. The van der Waals surface area contributed by atoms with Crippen molar-refractivity contribution in [2.75, 3.05) is 0 Å². The Hall–Kier alpha value is -1.74. The minimum absolute atomic E-state index is 0.320. The highest BCUT2D eigenvalue weighted by atomic mass is 19.3.